The minimum atomic E-state index is -2.81. The van der Waals surface area contributed by atoms with E-state index in [1.165, 1.54) is 17.8 Å². The van der Waals surface area contributed by atoms with Gasteiger partial charge in [0.2, 0.25) is 11.8 Å². The van der Waals surface area contributed by atoms with Gasteiger partial charge in [0.1, 0.15) is 12.3 Å². The molecule has 0 unspecified atom stereocenters. The summed E-state index contributed by atoms with van der Waals surface area (Å²) >= 11 is 0. The number of carbonyl (C=O) groups is 1. The highest BCUT2D eigenvalue weighted by Gasteiger charge is 2.35. The van der Waals surface area contributed by atoms with Gasteiger partial charge in [0, 0.05) is 6.42 Å². The van der Waals surface area contributed by atoms with Crippen LogP contribution in [-0.4, -0.2) is 67.7 Å². The van der Waals surface area contributed by atoms with Crippen LogP contribution in [0.3, 0.4) is 0 Å². The Morgan fingerprint density at radius 2 is 2.40 bits per heavy atom. The number of nitrogens with zero attached hydrogens (tertiary/aromatic N) is 4. The highest BCUT2D eigenvalue weighted by molar-refractivity contribution is 5.78. The number of anilines is 1. The predicted octanol–water partition coefficient (Wildman–Crippen LogP) is -1.01. The number of aliphatic hydroxyl groups excluding tert-OH is 2. The molecule has 3 heterocycles. The van der Waals surface area contributed by atoms with E-state index in [2.05, 4.69) is 19.7 Å². The van der Waals surface area contributed by atoms with Crippen molar-refractivity contribution in [1.82, 2.24) is 19.5 Å². The number of aromatic nitrogens is 4. The number of esters is 1. The van der Waals surface area contributed by atoms with Gasteiger partial charge in [-0.1, -0.05) is 0 Å². The molecule has 0 aromatic carbocycles. The largest absolute Gasteiger partial charge is 0.464 e. The van der Waals surface area contributed by atoms with Crippen molar-refractivity contribution < 1.29 is 32.0 Å². The molecule has 4 N–H and O–H groups in total. The second kappa shape index (κ2) is 7.17. The third kappa shape index (κ3) is 3.48. The van der Waals surface area contributed by atoms with Gasteiger partial charge in [-0.3, -0.25) is 4.57 Å². The number of carbonyl (C=O) groups excluding carboxylic acids is 1. The summed E-state index contributed by atoms with van der Waals surface area (Å²) < 4.78 is 32.2. The molecular weight excluding hydrogens is 334 g/mol. The number of hydrogen-bond donors (Lipinski definition) is 3. The highest BCUT2D eigenvalue weighted by Crippen LogP contribution is 2.32. The van der Waals surface area contributed by atoms with Gasteiger partial charge in [0.25, 0.3) is 0 Å². The predicted molar refractivity (Wildman–Crippen MR) is 83.5 cm³/mol. The monoisotopic (exact) mass is 355 g/mol. The smallest absolute Gasteiger partial charge is 0.344 e. The van der Waals surface area contributed by atoms with Crippen LogP contribution >= 0.6 is 0 Å². The van der Waals surface area contributed by atoms with Gasteiger partial charge in [-0.2, -0.15) is 9.97 Å². The molecular formula is C14H19N5O6. The molecule has 0 spiro atoms. The van der Waals surface area contributed by atoms with Gasteiger partial charge >= 0.3 is 5.97 Å². The molecule has 11 nitrogen and oxygen atoms in total. The van der Waals surface area contributed by atoms with Crippen molar-refractivity contribution in [3.63, 3.8) is 0 Å². The standard InChI is InChI=1S/C14H19N5O6/c1-2-23-10(22)5-24-13-11-12(17-14(15)18-13)19(6-16-11)9-3-7(21)8(4-20)25-9/h6-9,20-21H,2-5H2,1H3,(H2,15,17,18)/t7-,8+,9+/m0/s1/i5D2. The molecule has 3 atom stereocenters. The average Bonchev–Trinajstić information content (AvgIpc) is 3.17. The lowest BCUT2D eigenvalue weighted by atomic mass is 10.2. The number of imidazole rings is 1. The molecule has 1 aliphatic heterocycles. The Morgan fingerprint density at radius 1 is 1.60 bits per heavy atom. The molecule has 1 aliphatic rings. The second-order valence-electron chi connectivity index (χ2n) is 5.25. The Balaban J connectivity index is 1.95. The maximum absolute atomic E-state index is 11.7. The number of hydrogen-bond acceptors (Lipinski definition) is 10. The van der Waals surface area contributed by atoms with Gasteiger partial charge < -0.3 is 30.2 Å². The first-order valence-corrected chi connectivity index (χ1v) is 7.57. The molecule has 0 bridgehead atoms. The molecule has 1 fully saturated rings. The molecule has 0 amide bonds. The maximum Gasteiger partial charge on any atom is 0.344 e. The van der Waals surface area contributed by atoms with Crippen LogP contribution in [0, 0.1) is 0 Å². The first kappa shape index (κ1) is 14.8. The zero-order chi connectivity index (χ0) is 19.8. The number of fused-ring (bicyclic) bond motifs is 1. The summed E-state index contributed by atoms with van der Waals surface area (Å²) in [6.45, 7) is -1.65. The van der Waals surface area contributed by atoms with E-state index < -0.39 is 31.0 Å². The van der Waals surface area contributed by atoms with E-state index in [1.54, 1.807) is 0 Å². The minimum Gasteiger partial charge on any atom is -0.464 e. The summed E-state index contributed by atoms with van der Waals surface area (Å²) in [4.78, 5) is 23.7. The lowest BCUT2D eigenvalue weighted by molar-refractivity contribution is -0.145. The van der Waals surface area contributed by atoms with E-state index in [0.717, 1.165) is 0 Å². The van der Waals surface area contributed by atoms with E-state index in [4.69, 9.17) is 17.9 Å². The van der Waals surface area contributed by atoms with Crippen LogP contribution in [0.25, 0.3) is 11.2 Å². The number of ether oxygens (including phenoxy) is 3. The molecule has 2 aromatic heterocycles. The van der Waals surface area contributed by atoms with Crippen molar-refractivity contribution in [2.24, 2.45) is 0 Å². The van der Waals surface area contributed by atoms with Crippen LogP contribution in [0.4, 0.5) is 5.95 Å². The molecule has 25 heavy (non-hydrogen) atoms. The van der Waals surface area contributed by atoms with E-state index in [1.807, 2.05) is 0 Å². The zero-order valence-corrected chi connectivity index (χ0v) is 13.3. The fourth-order valence-corrected chi connectivity index (χ4v) is 2.49. The fourth-order valence-electron chi connectivity index (χ4n) is 2.49. The highest BCUT2D eigenvalue weighted by atomic mass is 16.6. The lowest BCUT2D eigenvalue weighted by Gasteiger charge is -2.14. The van der Waals surface area contributed by atoms with Gasteiger partial charge in [-0.15, -0.1) is 0 Å². The van der Waals surface area contributed by atoms with E-state index in [0.29, 0.717) is 0 Å². The summed E-state index contributed by atoms with van der Waals surface area (Å²) in [6, 6.07) is 0. The first-order chi connectivity index (χ1) is 12.8. The summed E-state index contributed by atoms with van der Waals surface area (Å²) in [6.07, 6.45) is -0.778. The number of aliphatic hydroxyl groups is 2. The molecule has 0 aliphatic carbocycles. The van der Waals surface area contributed by atoms with Crippen molar-refractivity contribution >= 4 is 23.1 Å². The molecule has 11 heteroatoms. The molecule has 136 valence electrons. The number of nitrogens with two attached hydrogens (primary N) is 1. The van der Waals surface area contributed by atoms with Crippen LogP contribution in [0.1, 0.15) is 22.3 Å². The van der Waals surface area contributed by atoms with Crippen molar-refractivity contribution in [1.29, 1.82) is 0 Å². The molecule has 0 saturated carbocycles. The summed E-state index contributed by atoms with van der Waals surface area (Å²) in [5.41, 5.74) is 5.88. The van der Waals surface area contributed by atoms with Gasteiger partial charge in [-0.05, 0) is 6.92 Å². The quantitative estimate of drug-likeness (QED) is 0.549. The molecule has 2 aromatic rings. The van der Waals surface area contributed by atoms with Crippen molar-refractivity contribution in [3.8, 4) is 5.88 Å². The van der Waals surface area contributed by atoms with Crippen LogP contribution in [0.2, 0.25) is 0 Å². The molecule has 0 radical (unpaired) electrons. The number of rotatable bonds is 6. The Bertz CT molecular complexity index is 847. The van der Waals surface area contributed by atoms with E-state index >= 15 is 0 Å². The minimum absolute atomic E-state index is 0.0228. The van der Waals surface area contributed by atoms with Crippen LogP contribution in [0.15, 0.2) is 6.33 Å². The summed E-state index contributed by atoms with van der Waals surface area (Å²) in [5, 5.41) is 19.1. The van der Waals surface area contributed by atoms with Crippen molar-refractivity contribution in [2.75, 3.05) is 25.5 Å². The second-order valence-corrected chi connectivity index (χ2v) is 5.25. The molecule has 3 rings (SSSR count). The first-order valence-electron chi connectivity index (χ1n) is 8.57. The lowest BCUT2D eigenvalue weighted by Crippen LogP contribution is -2.24. The topological polar surface area (TPSA) is 155 Å². The van der Waals surface area contributed by atoms with E-state index in [-0.39, 0.29) is 42.6 Å². The van der Waals surface area contributed by atoms with Crippen LogP contribution < -0.4 is 10.5 Å². The summed E-state index contributed by atoms with van der Waals surface area (Å²) in [7, 11) is 0. The van der Waals surface area contributed by atoms with Gasteiger partial charge in [0.05, 0.1) is 28.4 Å². The van der Waals surface area contributed by atoms with Gasteiger partial charge in [0.15, 0.2) is 17.7 Å². The van der Waals surface area contributed by atoms with Crippen LogP contribution in [0.5, 0.6) is 5.88 Å². The average molecular weight is 355 g/mol. The van der Waals surface area contributed by atoms with E-state index in [9.17, 15) is 15.0 Å². The normalized spacial score (nSPS) is 24.8. The summed E-state index contributed by atoms with van der Waals surface area (Å²) in [5.74, 6) is -1.80. The number of nitrogen functional groups attached to an aromatic ring is 1. The Labute approximate surface area is 145 Å². The third-order valence-corrected chi connectivity index (χ3v) is 3.61. The van der Waals surface area contributed by atoms with Crippen molar-refractivity contribution in [3.05, 3.63) is 6.33 Å². The Morgan fingerprint density at radius 3 is 3.08 bits per heavy atom. The van der Waals surface area contributed by atoms with Crippen molar-refractivity contribution in [2.45, 2.75) is 31.8 Å². The SMILES string of the molecule is [2H]C([2H])(Oc1nc(N)nc2c1ncn2[C@H]1C[C@H](O)[C@@H](CO)O1)C(=O)OCC. The van der Waals surface area contributed by atoms with Gasteiger partial charge in [-0.25, -0.2) is 9.78 Å². The van der Waals surface area contributed by atoms with Crippen LogP contribution in [-0.2, 0) is 14.3 Å². The third-order valence-electron chi connectivity index (χ3n) is 3.61. The zero-order valence-electron chi connectivity index (χ0n) is 15.3. The Hall–Kier alpha value is -2.50. The fraction of sp³-hybridized carbons (Fsp3) is 0.571. The molecule has 1 saturated heterocycles. The maximum atomic E-state index is 11.7. The Kier molecular flexibility index (Phi) is 4.25.